The van der Waals surface area contributed by atoms with Crippen LogP contribution in [-0.2, 0) is 11.3 Å². The van der Waals surface area contributed by atoms with Crippen LogP contribution in [0.5, 0.6) is 17.2 Å². The number of anilines is 1. The van der Waals surface area contributed by atoms with Gasteiger partial charge < -0.3 is 24.4 Å². The minimum Gasteiger partial charge on any atom is -0.493 e. The highest BCUT2D eigenvalue weighted by molar-refractivity contribution is 5.91. The van der Waals surface area contributed by atoms with Crippen LogP contribution in [0.25, 0.3) is 6.08 Å². The van der Waals surface area contributed by atoms with E-state index in [1.165, 1.54) is 6.08 Å². The summed E-state index contributed by atoms with van der Waals surface area (Å²) in [5.74, 6) is 1.42. The van der Waals surface area contributed by atoms with Crippen LogP contribution in [0.3, 0.4) is 0 Å². The fourth-order valence-electron chi connectivity index (χ4n) is 2.53. The largest absolute Gasteiger partial charge is 0.493 e. The van der Waals surface area contributed by atoms with Gasteiger partial charge >= 0.3 is 0 Å². The van der Waals surface area contributed by atoms with Gasteiger partial charge in [0.25, 0.3) is 0 Å². The normalized spacial score (nSPS) is 10.6. The second-order valence-corrected chi connectivity index (χ2v) is 6.07. The van der Waals surface area contributed by atoms with Crippen molar-refractivity contribution in [3.05, 3.63) is 53.6 Å². The highest BCUT2D eigenvalue weighted by Gasteiger charge is 2.12. The summed E-state index contributed by atoms with van der Waals surface area (Å²) < 4.78 is 15.9. The Balaban J connectivity index is 2.01. The van der Waals surface area contributed by atoms with Gasteiger partial charge in [-0.2, -0.15) is 0 Å². The maximum absolute atomic E-state index is 12.1. The molecule has 0 spiro atoms. The fraction of sp³-hybridized carbons (Fsp3) is 0.286. The summed E-state index contributed by atoms with van der Waals surface area (Å²) in [5, 5.41) is 2.87. The van der Waals surface area contributed by atoms with Gasteiger partial charge in [0.2, 0.25) is 11.7 Å². The third-order valence-electron chi connectivity index (χ3n) is 4.03. The number of amides is 1. The van der Waals surface area contributed by atoms with Crippen LogP contribution in [0.4, 0.5) is 5.69 Å². The Morgan fingerprint density at radius 2 is 1.59 bits per heavy atom. The van der Waals surface area contributed by atoms with E-state index in [0.29, 0.717) is 23.8 Å². The molecule has 0 heterocycles. The van der Waals surface area contributed by atoms with E-state index in [1.54, 1.807) is 39.5 Å². The van der Waals surface area contributed by atoms with E-state index in [2.05, 4.69) is 5.32 Å². The number of nitrogens with zero attached hydrogens (tertiary/aromatic N) is 1. The fourth-order valence-corrected chi connectivity index (χ4v) is 2.53. The van der Waals surface area contributed by atoms with Gasteiger partial charge in [0, 0.05) is 32.4 Å². The molecule has 2 rings (SSSR count). The summed E-state index contributed by atoms with van der Waals surface area (Å²) >= 11 is 0. The minimum atomic E-state index is -0.180. The van der Waals surface area contributed by atoms with Crippen molar-refractivity contribution in [2.24, 2.45) is 0 Å². The number of ether oxygens (including phenoxy) is 3. The second kappa shape index (κ2) is 9.52. The molecular formula is C21H26N2O4. The van der Waals surface area contributed by atoms with Gasteiger partial charge in [-0.05, 0) is 41.5 Å². The molecular weight excluding hydrogens is 344 g/mol. The van der Waals surface area contributed by atoms with Crippen molar-refractivity contribution >= 4 is 17.7 Å². The predicted molar refractivity (Wildman–Crippen MR) is 108 cm³/mol. The zero-order valence-electron chi connectivity index (χ0n) is 16.4. The number of carbonyl (C=O) groups is 1. The molecule has 0 aromatic heterocycles. The first-order valence-electron chi connectivity index (χ1n) is 8.50. The molecule has 0 bridgehead atoms. The molecule has 0 aliphatic rings. The lowest BCUT2D eigenvalue weighted by atomic mass is 10.1. The van der Waals surface area contributed by atoms with Gasteiger partial charge in [0.05, 0.1) is 21.3 Å². The standard InChI is InChI=1S/C21H26N2O4/c1-23(2)17-9-6-15(7-10-17)14-22-20(24)11-8-16-12-18(25-3)21(27-5)19(13-16)26-4/h6-13H,14H2,1-5H3,(H,22,24). The van der Waals surface area contributed by atoms with Gasteiger partial charge in [0.15, 0.2) is 11.5 Å². The lowest BCUT2D eigenvalue weighted by Crippen LogP contribution is -2.20. The molecule has 0 saturated carbocycles. The Hall–Kier alpha value is -3.15. The van der Waals surface area contributed by atoms with Crippen LogP contribution in [0, 0.1) is 0 Å². The van der Waals surface area contributed by atoms with Crippen LogP contribution in [-0.4, -0.2) is 41.3 Å². The Morgan fingerprint density at radius 3 is 2.07 bits per heavy atom. The molecule has 1 N–H and O–H groups in total. The summed E-state index contributed by atoms with van der Waals surface area (Å²) in [6, 6.07) is 11.6. The maximum atomic E-state index is 12.1. The van der Waals surface area contributed by atoms with E-state index < -0.39 is 0 Å². The van der Waals surface area contributed by atoms with Gasteiger partial charge in [-0.1, -0.05) is 12.1 Å². The van der Waals surface area contributed by atoms with Crippen molar-refractivity contribution in [1.29, 1.82) is 0 Å². The molecule has 0 saturated heterocycles. The average Bonchev–Trinajstić information content (AvgIpc) is 2.69. The number of benzene rings is 2. The van der Waals surface area contributed by atoms with Crippen molar-refractivity contribution < 1.29 is 19.0 Å². The third kappa shape index (κ3) is 5.41. The third-order valence-corrected chi connectivity index (χ3v) is 4.03. The number of hydrogen-bond donors (Lipinski definition) is 1. The maximum Gasteiger partial charge on any atom is 0.244 e. The van der Waals surface area contributed by atoms with Crippen molar-refractivity contribution in [2.75, 3.05) is 40.3 Å². The minimum absolute atomic E-state index is 0.180. The van der Waals surface area contributed by atoms with Crippen molar-refractivity contribution in [3.8, 4) is 17.2 Å². The van der Waals surface area contributed by atoms with Crippen molar-refractivity contribution in [2.45, 2.75) is 6.54 Å². The smallest absolute Gasteiger partial charge is 0.244 e. The lowest BCUT2D eigenvalue weighted by molar-refractivity contribution is -0.116. The molecule has 2 aromatic carbocycles. The quantitative estimate of drug-likeness (QED) is 0.724. The first-order valence-corrected chi connectivity index (χ1v) is 8.50. The van der Waals surface area contributed by atoms with E-state index in [1.807, 2.05) is 43.3 Å². The second-order valence-electron chi connectivity index (χ2n) is 6.07. The Labute approximate surface area is 160 Å². The molecule has 27 heavy (non-hydrogen) atoms. The topological polar surface area (TPSA) is 60.0 Å². The molecule has 0 fully saturated rings. The van der Waals surface area contributed by atoms with Crippen molar-refractivity contribution in [1.82, 2.24) is 5.32 Å². The van der Waals surface area contributed by atoms with Crippen LogP contribution >= 0.6 is 0 Å². The van der Waals surface area contributed by atoms with Crippen LogP contribution in [0.15, 0.2) is 42.5 Å². The summed E-state index contributed by atoms with van der Waals surface area (Å²) in [6.45, 7) is 0.464. The highest BCUT2D eigenvalue weighted by Crippen LogP contribution is 2.38. The lowest BCUT2D eigenvalue weighted by Gasteiger charge is -2.13. The summed E-state index contributed by atoms with van der Waals surface area (Å²) in [7, 11) is 8.64. The molecule has 0 aliphatic heterocycles. The van der Waals surface area contributed by atoms with Crippen molar-refractivity contribution in [3.63, 3.8) is 0 Å². The van der Waals surface area contributed by atoms with E-state index in [0.717, 1.165) is 16.8 Å². The summed E-state index contributed by atoms with van der Waals surface area (Å²) in [6.07, 6.45) is 3.18. The molecule has 144 valence electrons. The highest BCUT2D eigenvalue weighted by atomic mass is 16.5. The van der Waals surface area contributed by atoms with E-state index >= 15 is 0 Å². The molecule has 1 amide bonds. The number of methoxy groups -OCH3 is 3. The Morgan fingerprint density at radius 1 is 1.00 bits per heavy atom. The van der Waals surface area contributed by atoms with Crippen LogP contribution < -0.4 is 24.4 Å². The zero-order chi connectivity index (χ0) is 19.8. The molecule has 6 nitrogen and oxygen atoms in total. The number of carbonyl (C=O) groups excluding carboxylic acids is 1. The average molecular weight is 370 g/mol. The summed E-state index contributed by atoms with van der Waals surface area (Å²) in [4.78, 5) is 14.1. The zero-order valence-corrected chi connectivity index (χ0v) is 16.4. The summed E-state index contributed by atoms with van der Waals surface area (Å²) in [5.41, 5.74) is 2.93. The van der Waals surface area contributed by atoms with Gasteiger partial charge in [0.1, 0.15) is 0 Å². The van der Waals surface area contributed by atoms with E-state index in [-0.39, 0.29) is 5.91 Å². The molecule has 0 atom stereocenters. The number of hydrogen-bond acceptors (Lipinski definition) is 5. The SMILES string of the molecule is COc1cc(C=CC(=O)NCc2ccc(N(C)C)cc2)cc(OC)c1OC. The predicted octanol–water partition coefficient (Wildman–Crippen LogP) is 3.11. The molecule has 6 heteroatoms. The van der Waals surface area contributed by atoms with Gasteiger partial charge in [-0.15, -0.1) is 0 Å². The van der Waals surface area contributed by atoms with Crippen LogP contribution in [0.2, 0.25) is 0 Å². The molecule has 0 unspecified atom stereocenters. The molecule has 0 aliphatic carbocycles. The number of nitrogens with one attached hydrogen (secondary N) is 1. The number of rotatable bonds is 8. The first kappa shape index (κ1) is 20.2. The van der Waals surface area contributed by atoms with Gasteiger partial charge in [-0.3, -0.25) is 4.79 Å². The van der Waals surface area contributed by atoms with Gasteiger partial charge in [-0.25, -0.2) is 0 Å². The van der Waals surface area contributed by atoms with E-state index in [4.69, 9.17) is 14.2 Å². The van der Waals surface area contributed by atoms with E-state index in [9.17, 15) is 4.79 Å². The Bertz CT molecular complexity index is 773. The molecule has 0 radical (unpaired) electrons. The monoisotopic (exact) mass is 370 g/mol. The van der Waals surface area contributed by atoms with Crippen LogP contribution in [0.1, 0.15) is 11.1 Å². The first-order chi connectivity index (χ1) is 13.0. The Kier molecular flexibility index (Phi) is 7.11. The molecule has 2 aromatic rings.